The molecule has 0 atom stereocenters. The van der Waals surface area contributed by atoms with Gasteiger partial charge in [-0.3, -0.25) is 19.3 Å². The van der Waals surface area contributed by atoms with Gasteiger partial charge in [-0.25, -0.2) is 8.42 Å². The normalized spacial score (nSPS) is 15.6. The van der Waals surface area contributed by atoms with Gasteiger partial charge >= 0.3 is 5.97 Å². The number of rotatable bonds is 7. The minimum atomic E-state index is -3.61. The van der Waals surface area contributed by atoms with E-state index in [1.807, 2.05) is 6.07 Å². The monoisotopic (exact) mass is 378 g/mol. The summed E-state index contributed by atoms with van der Waals surface area (Å²) in [6.45, 7) is -0.129. The van der Waals surface area contributed by atoms with Crippen LogP contribution in [0.1, 0.15) is 18.4 Å². The molecule has 1 amide bonds. The highest BCUT2D eigenvalue weighted by Gasteiger charge is 2.29. The van der Waals surface area contributed by atoms with E-state index in [4.69, 9.17) is 10.00 Å². The second-order valence-corrected chi connectivity index (χ2v) is 7.12. The van der Waals surface area contributed by atoms with Crippen LogP contribution in [-0.4, -0.2) is 57.8 Å². The Kier molecular flexibility index (Phi) is 6.30. The molecule has 1 N–H and O–H groups in total. The SMILES string of the molecule is CN(CCC#N)C(=O)COC(=O)CCN=C1NS(=O)(=O)c2ccccc21. The highest BCUT2D eigenvalue weighted by atomic mass is 32.2. The highest BCUT2D eigenvalue weighted by Crippen LogP contribution is 2.22. The van der Waals surface area contributed by atoms with Crippen molar-refractivity contribution in [2.45, 2.75) is 17.7 Å². The number of nitrogens with zero attached hydrogens (tertiary/aromatic N) is 3. The predicted octanol–water partition coefficient (Wildman–Crippen LogP) is 0.0305. The van der Waals surface area contributed by atoms with Gasteiger partial charge in [0, 0.05) is 19.2 Å². The second kappa shape index (κ2) is 8.44. The van der Waals surface area contributed by atoms with E-state index >= 15 is 0 Å². The summed E-state index contributed by atoms with van der Waals surface area (Å²) < 4.78 is 31.1. The molecular formula is C16H18N4O5S. The standard InChI is InChI=1S/C16H18N4O5S/c1-20(10-4-8-17)14(21)11-25-15(22)7-9-18-16-12-5-2-3-6-13(12)26(23,24)19-16/h2-3,5-6H,4,7,9-11H2,1H3,(H,18,19). The second-order valence-electron chi connectivity index (χ2n) is 5.47. The number of aliphatic imine (C=N–C) groups is 1. The maximum Gasteiger partial charge on any atom is 0.308 e. The Morgan fingerprint density at radius 1 is 1.35 bits per heavy atom. The number of ether oxygens (including phenoxy) is 1. The molecule has 1 heterocycles. The molecule has 0 radical (unpaired) electrons. The Morgan fingerprint density at radius 3 is 2.81 bits per heavy atom. The molecule has 1 aliphatic rings. The third-order valence-corrected chi connectivity index (χ3v) is 4.99. The van der Waals surface area contributed by atoms with Gasteiger partial charge in [0.25, 0.3) is 15.9 Å². The van der Waals surface area contributed by atoms with Crippen LogP contribution in [0.15, 0.2) is 34.2 Å². The van der Waals surface area contributed by atoms with Crippen molar-refractivity contribution in [3.05, 3.63) is 29.8 Å². The zero-order valence-electron chi connectivity index (χ0n) is 14.1. The lowest BCUT2D eigenvalue weighted by Crippen LogP contribution is -2.32. The number of benzene rings is 1. The molecule has 0 unspecified atom stereocenters. The zero-order valence-corrected chi connectivity index (χ0v) is 15.0. The Labute approximate surface area is 151 Å². The van der Waals surface area contributed by atoms with E-state index in [9.17, 15) is 18.0 Å². The van der Waals surface area contributed by atoms with E-state index in [0.717, 1.165) is 0 Å². The Balaban J connectivity index is 1.83. The molecule has 0 saturated carbocycles. The Hall–Kier alpha value is -2.93. The van der Waals surface area contributed by atoms with Gasteiger partial charge in [0.15, 0.2) is 6.61 Å². The van der Waals surface area contributed by atoms with Gasteiger partial charge in [-0.15, -0.1) is 0 Å². The van der Waals surface area contributed by atoms with Gasteiger partial charge in [0.1, 0.15) is 5.84 Å². The third kappa shape index (κ3) is 4.80. The number of likely N-dealkylation sites (N-methyl/N-ethyl adjacent to an activating group) is 1. The molecule has 1 aromatic rings. The summed E-state index contributed by atoms with van der Waals surface area (Å²) in [5, 5.41) is 8.47. The molecule has 0 bridgehead atoms. The van der Waals surface area contributed by atoms with E-state index in [-0.39, 0.29) is 36.7 Å². The molecule has 1 aromatic carbocycles. The summed E-state index contributed by atoms with van der Waals surface area (Å²) in [5.41, 5.74) is 0.454. The number of amides is 1. The fourth-order valence-corrected chi connectivity index (χ4v) is 3.43. The van der Waals surface area contributed by atoms with Crippen LogP contribution in [0.4, 0.5) is 0 Å². The first kappa shape index (κ1) is 19.4. The molecule has 0 spiro atoms. The summed E-state index contributed by atoms with van der Waals surface area (Å²) >= 11 is 0. The molecule has 0 aromatic heterocycles. The molecule has 26 heavy (non-hydrogen) atoms. The fraction of sp³-hybridized carbons (Fsp3) is 0.375. The quantitative estimate of drug-likeness (QED) is 0.667. The lowest BCUT2D eigenvalue weighted by molar-refractivity contribution is -0.151. The van der Waals surface area contributed by atoms with Crippen LogP contribution in [0, 0.1) is 11.3 Å². The van der Waals surface area contributed by atoms with E-state index in [0.29, 0.717) is 5.56 Å². The number of esters is 1. The van der Waals surface area contributed by atoms with Crippen molar-refractivity contribution in [2.75, 3.05) is 26.7 Å². The topological polar surface area (TPSA) is 129 Å². The molecule has 0 fully saturated rings. The van der Waals surface area contributed by atoms with Crippen LogP contribution in [-0.2, 0) is 24.3 Å². The van der Waals surface area contributed by atoms with Crippen molar-refractivity contribution >= 4 is 27.7 Å². The van der Waals surface area contributed by atoms with Crippen LogP contribution in [0.5, 0.6) is 0 Å². The summed E-state index contributed by atoms with van der Waals surface area (Å²) in [4.78, 5) is 28.9. The van der Waals surface area contributed by atoms with Crippen LogP contribution in [0.2, 0.25) is 0 Å². The number of carbonyl (C=O) groups is 2. The Morgan fingerprint density at radius 2 is 2.08 bits per heavy atom. The number of nitriles is 1. The minimum Gasteiger partial charge on any atom is -0.456 e. The average Bonchev–Trinajstić information content (AvgIpc) is 2.88. The van der Waals surface area contributed by atoms with Crippen LogP contribution < -0.4 is 4.72 Å². The largest absolute Gasteiger partial charge is 0.456 e. The van der Waals surface area contributed by atoms with Gasteiger partial charge in [-0.2, -0.15) is 5.26 Å². The molecule has 9 nitrogen and oxygen atoms in total. The number of hydrogen-bond donors (Lipinski definition) is 1. The Bertz CT molecular complexity index is 873. The van der Waals surface area contributed by atoms with E-state index in [1.54, 1.807) is 18.2 Å². The molecule has 10 heteroatoms. The molecule has 0 saturated heterocycles. The van der Waals surface area contributed by atoms with Crippen LogP contribution in [0.3, 0.4) is 0 Å². The average molecular weight is 378 g/mol. The van der Waals surface area contributed by atoms with Crippen molar-refractivity contribution in [3.8, 4) is 6.07 Å². The lowest BCUT2D eigenvalue weighted by atomic mass is 10.2. The minimum absolute atomic E-state index is 0.0173. The van der Waals surface area contributed by atoms with Gasteiger partial charge in [-0.1, -0.05) is 12.1 Å². The van der Waals surface area contributed by atoms with Crippen LogP contribution in [0.25, 0.3) is 0 Å². The summed E-state index contributed by atoms with van der Waals surface area (Å²) in [7, 11) is -2.10. The smallest absolute Gasteiger partial charge is 0.308 e. The number of sulfonamides is 1. The van der Waals surface area contributed by atoms with Gasteiger partial charge in [0.05, 0.1) is 30.4 Å². The van der Waals surface area contributed by atoms with Crippen molar-refractivity contribution < 1.29 is 22.7 Å². The fourth-order valence-electron chi connectivity index (χ4n) is 2.18. The zero-order chi connectivity index (χ0) is 19.2. The number of fused-ring (bicyclic) bond motifs is 1. The first-order valence-corrected chi connectivity index (χ1v) is 9.26. The number of amidine groups is 1. The maximum atomic E-state index is 11.9. The van der Waals surface area contributed by atoms with Crippen molar-refractivity contribution in [2.24, 2.45) is 4.99 Å². The van der Waals surface area contributed by atoms with Gasteiger partial charge in [-0.05, 0) is 12.1 Å². The highest BCUT2D eigenvalue weighted by molar-refractivity contribution is 7.90. The first-order valence-electron chi connectivity index (χ1n) is 7.78. The van der Waals surface area contributed by atoms with Gasteiger partial charge < -0.3 is 9.64 Å². The lowest BCUT2D eigenvalue weighted by Gasteiger charge is -2.15. The first-order chi connectivity index (χ1) is 12.3. The predicted molar refractivity (Wildman–Crippen MR) is 91.6 cm³/mol. The number of carbonyl (C=O) groups excluding carboxylic acids is 2. The van der Waals surface area contributed by atoms with E-state index < -0.39 is 28.5 Å². The summed E-state index contributed by atoms with van der Waals surface area (Å²) in [5.74, 6) is -0.844. The summed E-state index contributed by atoms with van der Waals surface area (Å²) in [6, 6.07) is 8.33. The van der Waals surface area contributed by atoms with E-state index in [2.05, 4.69) is 9.71 Å². The molecule has 2 rings (SSSR count). The number of nitrogens with one attached hydrogen (secondary N) is 1. The summed E-state index contributed by atoms with van der Waals surface area (Å²) in [6.07, 6.45) is 0.105. The van der Waals surface area contributed by atoms with Crippen molar-refractivity contribution in [1.29, 1.82) is 5.26 Å². The molecule has 0 aliphatic carbocycles. The van der Waals surface area contributed by atoms with Crippen molar-refractivity contribution in [3.63, 3.8) is 0 Å². The van der Waals surface area contributed by atoms with E-state index in [1.165, 1.54) is 18.0 Å². The van der Waals surface area contributed by atoms with Gasteiger partial charge in [0.2, 0.25) is 0 Å². The molecule has 1 aliphatic heterocycles. The molecule has 138 valence electrons. The maximum absolute atomic E-state index is 11.9. The third-order valence-electron chi connectivity index (χ3n) is 3.59. The van der Waals surface area contributed by atoms with Crippen molar-refractivity contribution in [1.82, 2.24) is 9.62 Å². The van der Waals surface area contributed by atoms with Crippen LogP contribution >= 0.6 is 0 Å². The number of hydrogen-bond acceptors (Lipinski definition) is 7. The molecular weight excluding hydrogens is 360 g/mol.